The van der Waals surface area contributed by atoms with Gasteiger partial charge in [-0.2, -0.15) is 4.39 Å². The third-order valence-electron chi connectivity index (χ3n) is 2.16. The SMILES string of the molecule is COc1c(Cl)cc(CC(C)N)c(OC)c1F. The number of hydrogen-bond donors (Lipinski definition) is 1. The molecule has 3 nitrogen and oxygen atoms in total. The van der Waals surface area contributed by atoms with Crippen LogP contribution >= 0.6 is 11.6 Å². The van der Waals surface area contributed by atoms with Crippen molar-refractivity contribution in [3.8, 4) is 11.5 Å². The first kappa shape index (κ1) is 13.1. The van der Waals surface area contributed by atoms with E-state index in [-0.39, 0.29) is 22.6 Å². The van der Waals surface area contributed by atoms with Crippen molar-refractivity contribution in [2.45, 2.75) is 19.4 Å². The molecule has 1 aromatic carbocycles. The Morgan fingerprint density at radius 2 is 1.94 bits per heavy atom. The summed E-state index contributed by atoms with van der Waals surface area (Å²) in [6.45, 7) is 1.83. The van der Waals surface area contributed by atoms with Crippen LogP contribution in [0.4, 0.5) is 4.39 Å². The van der Waals surface area contributed by atoms with Gasteiger partial charge in [0.15, 0.2) is 11.5 Å². The minimum Gasteiger partial charge on any atom is -0.493 e. The summed E-state index contributed by atoms with van der Waals surface area (Å²) in [4.78, 5) is 0. The lowest BCUT2D eigenvalue weighted by Gasteiger charge is -2.14. The van der Waals surface area contributed by atoms with Gasteiger partial charge in [-0.3, -0.25) is 0 Å². The highest BCUT2D eigenvalue weighted by molar-refractivity contribution is 6.32. The highest BCUT2D eigenvalue weighted by atomic mass is 35.5. The van der Waals surface area contributed by atoms with E-state index in [0.717, 1.165) is 0 Å². The summed E-state index contributed by atoms with van der Waals surface area (Å²) in [6.07, 6.45) is 0.490. The Balaban J connectivity index is 3.29. The van der Waals surface area contributed by atoms with Crippen molar-refractivity contribution in [2.24, 2.45) is 5.73 Å². The van der Waals surface area contributed by atoms with E-state index in [9.17, 15) is 4.39 Å². The minimum atomic E-state index is -0.590. The maximum Gasteiger partial charge on any atom is 0.208 e. The van der Waals surface area contributed by atoms with E-state index < -0.39 is 5.82 Å². The van der Waals surface area contributed by atoms with Crippen LogP contribution in [0.25, 0.3) is 0 Å². The average Bonchev–Trinajstić information content (AvgIpc) is 2.17. The van der Waals surface area contributed by atoms with Crippen molar-refractivity contribution in [3.63, 3.8) is 0 Å². The van der Waals surface area contributed by atoms with E-state index in [0.29, 0.717) is 12.0 Å². The number of methoxy groups -OCH3 is 2. The predicted octanol–water partition coefficient (Wildman–Crippen LogP) is 2.39. The second kappa shape index (κ2) is 5.37. The maximum atomic E-state index is 13.9. The van der Waals surface area contributed by atoms with Crippen LogP contribution in [0, 0.1) is 5.82 Å². The fourth-order valence-electron chi connectivity index (χ4n) is 1.54. The summed E-state index contributed by atoms with van der Waals surface area (Å²) in [5.41, 5.74) is 6.31. The van der Waals surface area contributed by atoms with Gasteiger partial charge in [0, 0.05) is 11.6 Å². The average molecular weight is 248 g/mol. The quantitative estimate of drug-likeness (QED) is 0.889. The second-order valence-electron chi connectivity index (χ2n) is 3.58. The Morgan fingerprint density at radius 1 is 1.38 bits per heavy atom. The highest BCUT2D eigenvalue weighted by Gasteiger charge is 2.19. The summed E-state index contributed by atoms with van der Waals surface area (Å²) >= 11 is 5.89. The Kier molecular flexibility index (Phi) is 4.38. The zero-order valence-electron chi connectivity index (χ0n) is 9.51. The van der Waals surface area contributed by atoms with Crippen molar-refractivity contribution >= 4 is 11.6 Å². The van der Waals surface area contributed by atoms with Gasteiger partial charge in [-0.25, -0.2) is 0 Å². The Hall–Kier alpha value is -1.00. The molecule has 5 heteroatoms. The van der Waals surface area contributed by atoms with Gasteiger partial charge >= 0.3 is 0 Å². The third kappa shape index (κ3) is 2.57. The van der Waals surface area contributed by atoms with Crippen LogP contribution in [-0.2, 0) is 6.42 Å². The maximum absolute atomic E-state index is 13.9. The van der Waals surface area contributed by atoms with Crippen LogP contribution in [0.5, 0.6) is 11.5 Å². The molecule has 0 saturated carbocycles. The largest absolute Gasteiger partial charge is 0.493 e. The van der Waals surface area contributed by atoms with Gasteiger partial charge < -0.3 is 15.2 Å². The molecule has 1 aromatic rings. The molecule has 0 spiro atoms. The van der Waals surface area contributed by atoms with Gasteiger partial charge in [0.25, 0.3) is 0 Å². The lowest BCUT2D eigenvalue weighted by atomic mass is 10.1. The van der Waals surface area contributed by atoms with Crippen LogP contribution in [0.2, 0.25) is 5.02 Å². The molecular weight excluding hydrogens is 233 g/mol. The molecule has 1 unspecified atom stereocenters. The number of hydrogen-bond acceptors (Lipinski definition) is 3. The van der Waals surface area contributed by atoms with Crippen molar-refractivity contribution in [2.75, 3.05) is 14.2 Å². The molecule has 0 aliphatic heterocycles. The van der Waals surface area contributed by atoms with Crippen LogP contribution in [0.1, 0.15) is 12.5 Å². The number of benzene rings is 1. The zero-order valence-corrected chi connectivity index (χ0v) is 10.3. The summed E-state index contributed by atoms with van der Waals surface area (Å²) in [5, 5.41) is 0.219. The van der Waals surface area contributed by atoms with E-state index in [1.807, 2.05) is 6.92 Å². The van der Waals surface area contributed by atoms with Gasteiger partial charge in [-0.05, 0) is 19.4 Å². The van der Waals surface area contributed by atoms with Gasteiger partial charge in [-0.15, -0.1) is 0 Å². The zero-order chi connectivity index (χ0) is 12.3. The molecule has 0 heterocycles. The summed E-state index contributed by atoms with van der Waals surface area (Å²) in [5.74, 6) is -0.460. The first-order valence-electron chi connectivity index (χ1n) is 4.85. The third-order valence-corrected chi connectivity index (χ3v) is 2.44. The molecule has 0 aliphatic carbocycles. The monoisotopic (exact) mass is 247 g/mol. The van der Waals surface area contributed by atoms with E-state index >= 15 is 0 Å². The van der Waals surface area contributed by atoms with Gasteiger partial charge in [0.1, 0.15) is 0 Å². The normalized spacial score (nSPS) is 12.4. The van der Waals surface area contributed by atoms with Crippen molar-refractivity contribution in [3.05, 3.63) is 22.5 Å². The topological polar surface area (TPSA) is 44.5 Å². The summed E-state index contributed by atoms with van der Waals surface area (Å²) in [7, 11) is 2.76. The number of rotatable bonds is 4. The predicted molar refractivity (Wildman–Crippen MR) is 61.9 cm³/mol. The van der Waals surface area contributed by atoms with Gasteiger partial charge in [0.2, 0.25) is 5.82 Å². The Bertz CT molecular complexity index is 383. The lowest BCUT2D eigenvalue weighted by molar-refractivity contribution is 0.347. The molecule has 1 atom stereocenters. The molecule has 0 aliphatic rings. The number of halogens is 2. The van der Waals surface area contributed by atoms with Crippen LogP contribution in [0.3, 0.4) is 0 Å². The van der Waals surface area contributed by atoms with Gasteiger partial charge in [0.05, 0.1) is 19.2 Å². The summed E-state index contributed by atoms with van der Waals surface area (Å²) in [6, 6.07) is 1.52. The molecule has 90 valence electrons. The molecular formula is C11H15ClFNO2. The highest BCUT2D eigenvalue weighted by Crippen LogP contribution is 2.37. The van der Waals surface area contributed by atoms with E-state index in [1.54, 1.807) is 6.07 Å². The molecule has 0 bridgehead atoms. The summed E-state index contributed by atoms with van der Waals surface area (Å²) < 4.78 is 23.7. The Labute approximate surface area is 99.3 Å². The number of ether oxygens (including phenoxy) is 2. The van der Waals surface area contributed by atoms with Crippen LogP contribution in [-0.4, -0.2) is 20.3 Å². The molecule has 0 radical (unpaired) electrons. The van der Waals surface area contributed by atoms with Crippen molar-refractivity contribution < 1.29 is 13.9 Å². The van der Waals surface area contributed by atoms with Crippen LogP contribution in [0.15, 0.2) is 6.07 Å². The fraction of sp³-hybridized carbons (Fsp3) is 0.455. The van der Waals surface area contributed by atoms with E-state index in [2.05, 4.69) is 0 Å². The van der Waals surface area contributed by atoms with E-state index in [4.69, 9.17) is 26.8 Å². The fourth-order valence-corrected chi connectivity index (χ4v) is 1.83. The van der Waals surface area contributed by atoms with E-state index in [1.165, 1.54) is 14.2 Å². The Morgan fingerprint density at radius 3 is 2.38 bits per heavy atom. The molecule has 1 rings (SSSR count). The van der Waals surface area contributed by atoms with Gasteiger partial charge in [-0.1, -0.05) is 11.6 Å². The van der Waals surface area contributed by atoms with Crippen LogP contribution < -0.4 is 15.2 Å². The standard InChI is InChI=1S/C11H15ClFNO2/c1-6(14)4-7-5-8(12)11(16-3)9(13)10(7)15-2/h5-6H,4,14H2,1-3H3. The molecule has 0 saturated heterocycles. The number of nitrogens with two attached hydrogens (primary N) is 1. The molecule has 0 aromatic heterocycles. The molecule has 2 N–H and O–H groups in total. The smallest absolute Gasteiger partial charge is 0.208 e. The van der Waals surface area contributed by atoms with Crippen molar-refractivity contribution in [1.82, 2.24) is 0 Å². The molecule has 0 fully saturated rings. The minimum absolute atomic E-state index is 0.00746. The first-order chi connectivity index (χ1) is 7.51. The first-order valence-corrected chi connectivity index (χ1v) is 5.23. The second-order valence-corrected chi connectivity index (χ2v) is 3.99. The molecule has 0 amide bonds. The van der Waals surface area contributed by atoms with Crippen molar-refractivity contribution in [1.29, 1.82) is 0 Å². The lowest BCUT2D eigenvalue weighted by Crippen LogP contribution is -2.18. The molecule has 16 heavy (non-hydrogen) atoms.